The Labute approximate surface area is 171 Å². The first-order chi connectivity index (χ1) is 12.6. The van der Waals surface area contributed by atoms with E-state index in [0.717, 1.165) is 5.57 Å². The van der Waals surface area contributed by atoms with Crippen molar-refractivity contribution in [3.05, 3.63) is 48.9 Å². The number of hydrogen-bond donors (Lipinski definition) is 0. The Morgan fingerprint density at radius 1 is 1.30 bits per heavy atom. The quantitative estimate of drug-likeness (QED) is 0.267. The molecule has 0 fully saturated rings. The summed E-state index contributed by atoms with van der Waals surface area (Å²) < 4.78 is 17.9. The number of benzene rings is 1. The van der Waals surface area contributed by atoms with Gasteiger partial charge in [0.1, 0.15) is 23.0 Å². The Hall–Kier alpha value is -2.09. The highest BCUT2D eigenvalue weighted by Crippen LogP contribution is 2.45. The van der Waals surface area contributed by atoms with E-state index in [-0.39, 0.29) is 16.6 Å². The van der Waals surface area contributed by atoms with Crippen molar-refractivity contribution in [3.8, 4) is 11.5 Å². The second kappa shape index (κ2) is 7.14. The van der Waals surface area contributed by atoms with Gasteiger partial charge in [-0.15, -0.1) is 0 Å². The van der Waals surface area contributed by atoms with Crippen LogP contribution in [-0.2, 0) is 11.2 Å². The average Bonchev–Trinajstić information content (AvgIpc) is 2.55. The Morgan fingerprint density at radius 3 is 2.63 bits per heavy atom. The van der Waals surface area contributed by atoms with E-state index in [0.29, 0.717) is 32.5 Å². The number of ether oxygens (including phenoxy) is 2. The standard InChI is InChI=1S/C21H21IO5/c1-11(2)6-7-13-18-14(8-9-21(4,5)27-18)19-16(20(13)26-12(3)23)17(24)15(22)10-25-19/h6,8-10H,7H2,1-5H3. The number of carbonyl (C=O) groups excluding carboxylic acids is 1. The van der Waals surface area contributed by atoms with E-state index in [9.17, 15) is 9.59 Å². The third kappa shape index (κ3) is 3.81. The lowest BCUT2D eigenvalue weighted by Crippen LogP contribution is -2.29. The maximum absolute atomic E-state index is 12.9. The van der Waals surface area contributed by atoms with Gasteiger partial charge >= 0.3 is 5.97 Å². The second-order valence-corrected chi connectivity index (χ2v) is 8.45. The summed E-state index contributed by atoms with van der Waals surface area (Å²) in [5.41, 5.74) is 2.06. The van der Waals surface area contributed by atoms with Gasteiger partial charge < -0.3 is 13.9 Å². The number of fused-ring (bicyclic) bond motifs is 3. The van der Waals surface area contributed by atoms with Crippen molar-refractivity contribution in [2.45, 2.75) is 46.6 Å². The van der Waals surface area contributed by atoms with Crippen molar-refractivity contribution in [3.63, 3.8) is 0 Å². The van der Waals surface area contributed by atoms with E-state index in [1.165, 1.54) is 13.2 Å². The van der Waals surface area contributed by atoms with Crippen LogP contribution in [0.3, 0.4) is 0 Å². The molecule has 5 nitrogen and oxygen atoms in total. The number of allylic oxidation sites excluding steroid dienone is 2. The number of halogens is 1. The minimum Gasteiger partial charge on any atom is -0.483 e. The fourth-order valence-electron chi connectivity index (χ4n) is 2.97. The highest BCUT2D eigenvalue weighted by molar-refractivity contribution is 14.1. The molecule has 142 valence electrons. The summed E-state index contributed by atoms with van der Waals surface area (Å²) in [6.07, 6.45) is 7.71. The topological polar surface area (TPSA) is 65.7 Å². The number of hydrogen-bond acceptors (Lipinski definition) is 5. The SMILES string of the molecule is CC(=O)Oc1c(CC=C(C)C)c2c(c3occ(I)c(=O)c13)C=CC(C)(C)O2. The minimum absolute atomic E-state index is 0.215. The average molecular weight is 480 g/mol. The summed E-state index contributed by atoms with van der Waals surface area (Å²) >= 11 is 1.92. The molecule has 0 N–H and O–H groups in total. The largest absolute Gasteiger partial charge is 0.483 e. The molecule has 0 radical (unpaired) electrons. The van der Waals surface area contributed by atoms with Crippen LogP contribution in [0.4, 0.5) is 0 Å². The molecular weight excluding hydrogens is 459 g/mol. The summed E-state index contributed by atoms with van der Waals surface area (Å²) in [6, 6.07) is 0. The van der Waals surface area contributed by atoms with Gasteiger partial charge in [0.15, 0.2) is 11.3 Å². The van der Waals surface area contributed by atoms with Crippen LogP contribution in [0, 0.1) is 3.57 Å². The first kappa shape index (κ1) is 19.7. The van der Waals surface area contributed by atoms with Crippen molar-refractivity contribution < 1.29 is 18.7 Å². The Kier molecular flexibility index (Phi) is 5.20. The molecule has 0 amide bonds. The van der Waals surface area contributed by atoms with Gasteiger partial charge in [0.05, 0.1) is 9.13 Å². The van der Waals surface area contributed by atoms with Crippen LogP contribution in [0.15, 0.2) is 33.2 Å². The molecule has 0 atom stereocenters. The molecule has 2 aromatic rings. The zero-order valence-corrected chi connectivity index (χ0v) is 18.1. The molecule has 1 aliphatic heterocycles. The van der Waals surface area contributed by atoms with Crippen LogP contribution in [-0.4, -0.2) is 11.6 Å². The van der Waals surface area contributed by atoms with Crippen molar-refractivity contribution in [2.75, 3.05) is 0 Å². The first-order valence-corrected chi connectivity index (χ1v) is 9.68. The fraction of sp³-hybridized carbons (Fsp3) is 0.333. The maximum Gasteiger partial charge on any atom is 0.308 e. The smallest absolute Gasteiger partial charge is 0.308 e. The van der Waals surface area contributed by atoms with E-state index in [4.69, 9.17) is 13.9 Å². The van der Waals surface area contributed by atoms with Crippen LogP contribution >= 0.6 is 22.6 Å². The van der Waals surface area contributed by atoms with Crippen molar-refractivity contribution in [2.24, 2.45) is 0 Å². The minimum atomic E-state index is -0.530. The van der Waals surface area contributed by atoms with Gasteiger partial charge in [0, 0.05) is 12.5 Å². The third-order valence-corrected chi connectivity index (χ3v) is 4.94. The van der Waals surface area contributed by atoms with Gasteiger partial charge in [-0.1, -0.05) is 11.6 Å². The molecule has 0 saturated carbocycles. The third-order valence-electron chi connectivity index (χ3n) is 4.19. The normalized spacial score (nSPS) is 14.4. The fourth-order valence-corrected chi connectivity index (χ4v) is 3.36. The molecule has 27 heavy (non-hydrogen) atoms. The predicted molar refractivity (Wildman–Crippen MR) is 113 cm³/mol. The maximum atomic E-state index is 12.9. The van der Waals surface area contributed by atoms with Crippen LogP contribution in [0.25, 0.3) is 17.0 Å². The van der Waals surface area contributed by atoms with Gasteiger partial charge in [-0.25, -0.2) is 0 Å². The number of carbonyl (C=O) groups is 1. The van der Waals surface area contributed by atoms with Gasteiger partial charge in [0.25, 0.3) is 0 Å². The monoisotopic (exact) mass is 480 g/mol. The zero-order chi connectivity index (χ0) is 19.9. The van der Waals surface area contributed by atoms with Gasteiger partial charge in [0.2, 0.25) is 5.43 Å². The Balaban J connectivity index is 2.48. The summed E-state index contributed by atoms with van der Waals surface area (Å²) in [5.74, 6) is 0.291. The molecule has 0 bridgehead atoms. The van der Waals surface area contributed by atoms with Crippen LogP contribution in [0.1, 0.15) is 45.7 Å². The lowest BCUT2D eigenvalue weighted by molar-refractivity contribution is -0.131. The molecule has 3 rings (SSSR count). The molecule has 6 heteroatoms. The summed E-state index contributed by atoms with van der Waals surface area (Å²) in [4.78, 5) is 24.7. The molecule has 0 spiro atoms. The number of esters is 1. The van der Waals surface area contributed by atoms with E-state index in [2.05, 4.69) is 0 Å². The molecule has 1 aromatic heterocycles. The van der Waals surface area contributed by atoms with E-state index in [1.54, 1.807) is 0 Å². The predicted octanol–water partition coefficient (Wildman–Crippen LogP) is 5.02. The van der Waals surface area contributed by atoms with Crippen LogP contribution < -0.4 is 14.9 Å². The van der Waals surface area contributed by atoms with Crippen molar-refractivity contribution >= 4 is 45.6 Å². The lowest BCUT2D eigenvalue weighted by Gasteiger charge is -2.30. The molecule has 1 aliphatic rings. The Bertz CT molecular complexity index is 1050. The van der Waals surface area contributed by atoms with Crippen molar-refractivity contribution in [1.29, 1.82) is 0 Å². The first-order valence-electron chi connectivity index (χ1n) is 8.60. The molecule has 0 unspecified atom stereocenters. The Morgan fingerprint density at radius 2 is 2.00 bits per heavy atom. The van der Waals surface area contributed by atoms with Crippen LogP contribution in [0.2, 0.25) is 0 Å². The van der Waals surface area contributed by atoms with Gasteiger partial charge in [-0.3, -0.25) is 9.59 Å². The van der Waals surface area contributed by atoms with E-state index >= 15 is 0 Å². The van der Waals surface area contributed by atoms with Crippen LogP contribution in [0.5, 0.6) is 11.5 Å². The lowest BCUT2D eigenvalue weighted by atomic mass is 9.94. The van der Waals surface area contributed by atoms with E-state index in [1.807, 2.05) is 68.5 Å². The van der Waals surface area contributed by atoms with E-state index < -0.39 is 11.6 Å². The number of rotatable bonds is 3. The second-order valence-electron chi connectivity index (χ2n) is 7.29. The molecule has 1 aromatic carbocycles. The summed E-state index contributed by atoms with van der Waals surface area (Å²) in [5, 5.41) is 0.265. The zero-order valence-electron chi connectivity index (χ0n) is 15.9. The molecular formula is C21H21IO5. The van der Waals surface area contributed by atoms with Crippen molar-refractivity contribution in [1.82, 2.24) is 0 Å². The van der Waals surface area contributed by atoms with Gasteiger partial charge in [-0.2, -0.15) is 0 Å². The highest BCUT2D eigenvalue weighted by Gasteiger charge is 2.31. The molecule has 2 heterocycles. The van der Waals surface area contributed by atoms with Gasteiger partial charge in [-0.05, 0) is 68.9 Å². The summed E-state index contributed by atoms with van der Waals surface area (Å²) in [7, 11) is 0. The highest BCUT2D eigenvalue weighted by atomic mass is 127. The molecule has 0 aliphatic carbocycles. The summed E-state index contributed by atoms with van der Waals surface area (Å²) in [6.45, 7) is 9.17. The molecule has 0 saturated heterocycles.